The minimum atomic E-state index is 0. The molecule has 0 bridgehead atoms. The van der Waals surface area contributed by atoms with Crippen LogP contribution in [0.25, 0.3) is 5.65 Å². The predicted molar refractivity (Wildman–Crippen MR) is 61.3 cm³/mol. The van der Waals surface area contributed by atoms with Gasteiger partial charge in [-0.3, -0.25) is 9.72 Å². The second-order valence-electron chi connectivity index (χ2n) is 3.89. The fourth-order valence-electron chi connectivity index (χ4n) is 1.89. The van der Waals surface area contributed by atoms with E-state index in [1.54, 1.807) is 12.5 Å². The van der Waals surface area contributed by atoms with Gasteiger partial charge in [-0.15, -0.1) is 0 Å². The first-order valence-electron chi connectivity index (χ1n) is 5.39. The molecule has 4 nitrogen and oxygen atoms in total. The molecule has 2 heterocycles. The second kappa shape index (κ2) is 5.12. The number of allylic oxidation sites excluding steroid dienone is 2. The topological polar surface area (TPSA) is 46.8 Å². The number of imidazole rings is 1. The molecule has 3 rings (SSSR count). The van der Waals surface area contributed by atoms with Gasteiger partial charge in [0.15, 0.2) is 0 Å². The summed E-state index contributed by atoms with van der Waals surface area (Å²) in [5, 5.41) is 2.19. The molecular weight excluding hydrogens is 236 g/mol. The highest BCUT2D eigenvalue weighted by Crippen LogP contribution is 2.05. The van der Waals surface area contributed by atoms with Gasteiger partial charge in [-0.05, 0) is 12.1 Å². The summed E-state index contributed by atoms with van der Waals surface area (Å²) < 4.78 is 1.94. The summed E-state index contributed by atoms with van der Waals surface area (Å²) in [6.45, 7) is 0. The Morgan fingerprint density at radius 2 is 2.29 bits per heavy atom. The zero-order chi connectivity index (χ0) is 10.8. The minimum absolute atomic E-state index is 0. The first-order valence-corrected chi connectivity index (χ1v) is 5.39. The average molecular weight is 249 g/mol. The summed E-state index contributed by atoms with van der Waals surface area (Å²) in [7, 11) is 0. The lowest BCUT2D eigenvalue weighted by molar-refractivity contribution is -0.601. The number of fused-ring (bicyclic) bond motifs is 1. The van der Waals surface area contributed by atoms with Crippen LogP contribution in [0, 0.1) is 0 Å². The van der Waals surface area contributed by atoms with Crippen LogP contribution < -0.4 is 17.7 Å². The molecule has 2 aromatic heterocycles. The maximum Gasteiger partial charge on any atom is 0.243 e. The quantitative estimate of drug-likeness (QED) is 0.657. The fourth-order valence-corrected chi connectivity index (χ4v) is 1.89. The highest BCUT2D eigenvalue weighted by atomic mass is 35.5. The van der Waals surface area contributed by atoms with Crippen molar-refractivity contribution in [3.63, 3.8) is 0 Å². The molecule has 0 fully saturated rings. The Bertz CT molecular complexity index is 525. The molecule has 0 saturated carbocycles. The monoisotopic (exact) mass is 248 g/mol. The van der Waals surface area contributed by atoms with Crippen LogP contribution in [0.15, 0.2) is 49.1 Å². The molecule has 17 heavy (non-hydrogen) atoms. The van der Waals surface area contributed by atoms with Crippen LogP contribution in [0.2, 0.25) is 0 Å². The zero-order valence-electron chi connectivity index (χ0n) is 9.20. The van der Waals surface area contributed by atoms with Gasteiger partial charge in [0.05, 0.1) is 6.20 Å². The van der Waals surface area contributed by atoms with E-state index in [2.05, 4.69) is 39.6 Å². The summed E-state index contributed by atoms with van der Waals surface area (Å²) >= 11 is 0. The minimum Gasteiger partial charge on any atom is -1.00 e. The molecular formula is C12H13ClN4. The van der Waals surface area contributed by atoms with Gasteiger partial charge >= 0.3 is 0 Å². The van der Waals surface area contributed by atoms with E-state index >= 15 is 0 Å². The van der Waals surface area contributed by atoms with Crippen LogP contribution in [0.3, 0.4) is 0 Å². The third-order valence-electron chi connectivity index (χ3n) is 2.68. The Labute approximate surface area is 105 Å². The van der Waals surface area contributed by atoms with E-state index in [4.69, 9.17) is 0 Å². The molecule has 2 N–H and O–H groups in total. The standard InChI is InChI=1S/C12H12N4.ClH/c1-2-4-10(5-3-1)14-11-8-16-9-13-7-6-12(16)15-11;/h1-4,6-10,14H,5H2;1H. The normalized spacial score (nSPS) is 18.2. The van der Waals surface area contributed by atoms with Gasteiger partial charge in [0.1, 0.15) is 18.0 Å². The van der Waals surface area contributed by atoms with Crippen molar-refractivity contribution in [2.24, 2.45) is 0 Å². The van der Waals surface area contributed by atoms with Crippen LogP contribution in [-0.2, 0) is 0 Å². The van der Waals surface area contributed by atoms with Gasteiger partial charge in [-0.1, -0.05) is 18.2 Å². The third-order valence-corrected chi connectivity index (χ3v) is 2.68. The van der Waals surface area contributed by atoms with Gasteiger partial charge in [0.2, 0.25) is 5.82 Å². The molecule has 5 heteroatoms. The van der Waals surface area contributed by atoms with Crippen molar-refractivity contribution in [2.75, 3.05) is 0 Å². The maximum atomic E-state index is 4.52. The predicted octanol–water partition coefficient (Wildman–Crippen LogP) is -2.19. The van der Waals surface area contributed by atoms with Crippen molar-refractivity contribution in [3.05, 3.63) is 49.1 Å². The third kappa shape index (κ3) is 2.54. The Hall–Kier alpha value is -1.65. The molecule has 1 aliphatic rings. The van der Waals surface area contributed by atoms with Crippen molar-refractivity contribution in [1.29, 1.82) is 0 Å². The van der Waals surface area contributed by atoms with E-state index in [0.717, 1.165) is 17.9 Å². The molecule has 1 aliphatic carbocycles. The molecule has 2 aromatic rings. The van der Waals surface area contributed by atoms with E-state index < -0.39 is 0 Å². The van der Waals surface area contributed by atoms with E-state index in [0.29, 0.717) is 6.04 Å². The first-order chi connectivity index (χ1) is 7.92. The van der Waals surface area contributed by atoms with E-state index in [1.165, 1.54) is 0 Å². The number of aromatic nitrogens is 3. The van der Waals surface area contributed by atoms with Gasteiger partial charge in [-0.25, -0.2) is 4.98 Å². The summed E-state index contributed by atoms with van der Waals surface area (Å²) in [5.41, 5.74) is 0.941. The number of nitrogens with zero attached hydrogens (tertiary/aromatic N) is 3. The Balaban J connectivity index is 0.00000108. The van der Waals surface area contributed by atoms with Crippen LogP contribution in [0.4, 0.5) is 5.82 Å². The zero-order valence-corrected chi connectivity index (χ0v) is 9.96. The van der Waals surface area contributed by atoms with Crippen molar-refractivity contribution in [2.45, 2.75) is 12.5 Å². The number of halogens is 1. The summed E-state index contributed by atoms with van der Waals surface area (Å²) in [6, 6.07) is 2.37. The number of rotatable bonds is 2. The van der Waals surface area contributed by atoms with Crippen LogP contribution in [0.5, 0.6) is 0 Å². The lowest BCUT2D eigenvalue weighted by atomic mass is 10.1. The number of quaternary nitrogens is 1. The molecule has 0 aliphatic heterocycles. The lowest BCUT2D eigenvalue weighted by Gasteiger charge is -2.08. The highest BCUT2D eigenvalue weighted by molar-refractivity contribution is 5.41. The molecule has 1 unspecified atom stereocenters. The maximum absolute atomic E-state index is 4.52. The summed E-state index contributed by atoms with van der Waals surface area (Å²) in [6.07, 6.45) is 15.1. The fraction of sp³-hybridized carbons (Fsp3) is 0.167. The molecule has 0 spiro atoms. The lowest BCUT2D eigenvalue weighted by Crippen LogP contribution is -3.00. The smallest absolute Gasteiger partial charge is 0.243 e. The molecule has 0 aromatic carbocycles. The van der Waals surface area contributed by atoms with Gasteiger partial charge in [0, 0.05) is 12.6 Å². The van der Waals surface area contributed by atoms with Crippen LogP contribution >= 0.6 is 0 Å². The van der Waals surface area contributed by atoms with Crippen LogP contribution in [0.1, 0.15) is 6.42 Å². The molecule has 0 saturated heterocycles. The number of hydrogen-bond donors (Lipinski definition) is 1. The van der Waals surface area contributed by atoms with Gasteiger partial charge < -0.3 is 12.4 Å². The van der Waals surface area contributed by atoms with E-state index in [9.17, 15) is 0 Å². The van der Waals surface area contributed by atoms with Crippen molar-refractivity contribution >= 4 is 11.5 Å². The molecule has 0 radical (unpaired) electrons. The number of nitrogens with two attached hydrogens (primary N) is 1. The summed E-state index contributed by atoms with van der Waals surface area (Å²) in [5.74, 6) is 1.01. The van der Waals surface area contributed by atoms with E-state index in [1.807, 2.05) is 16.7 Å². The van der Waals surface area contributed by atoms with Crippen molar-refractivity contribution in [3.8, 4) is 0 Å². The SMILES string of the molecule is C1=CCC([NH2+]c2cn3cnccc3n2)C=C1.[Cl-]. The van der Waals surface area contributed by atoms with Crippen molar-refractivity contribution < 1.29 is 17.7 Å². The molecule has 0 amide bonds. The Morgan fingerprint density at radius 1 is 1.35 bits per heavy atom. The highest BCUT2D eigenvalue weighted by Gasteiger charge is 2.12. The van der Waals surface area contributed by atoms with Crippen molar-refractivity contribution in [1.82, 2.24) is 14.4 Å². The Morgan fingerprint density at radius 3 is 3.06 bits per heavy atom. The second-order valence-corrected chi connectivity index (χ2v) is 3.89. The number of hydrogen-bond acceptors (Lipinski definition) is 2. The summed E-state index contributed by atoms with van der Waals surface area (Å²) in [4.78, 5) is 8.57. The average Bonchev–Trinajstić information content (AvgIpc) is 2.72. The van der Waals surface area contributed by atoms with Gasteiger partial charge in [0.25, 0.3) is 0 Å². The molecule has 88 valence electrons. The largest absolute Gasteiger partial charge is 1.00 e. The Kier molecular flexibility index (Phi) is 3.56. The van der Waals surface area contributed by atoms with Gasteiger partial charge in [-0.2, -0.15) is 4.98 Å². The molecule has 1 atom stereocenters. The first kappa shape index (κ1) is 11.8. The van der Waals surface area contributed by atoms with Crippen LogP contribution in [-0.4, -0.2) is 20.4 Å². The van der Waals surface area contributed by atoms with E-state index in [-0.39, 0.29) is 12.4 Å².